The fourth-order valence-electron chi connectivity index (χ4n) is 2.27. The van der Waals surface area contributed by atoms with Crippen LogP contribution in [0.5, 0.6) is 0 Å². The lowest BCUT2D eigenvalue weighted by atomic mass is 9.76. The number of halogens is 1. The van der Waals surface area contributed by atoms with E-state index in [1.54, 1.807) is 7.11 Å². The van der Waals surface area contributed by atoms with Gasteiger partial charge < -0.3 is 4.74 Å². The van der Waals surface area contributed by atoms with Gasteiger partial charge in [-0.3, -0.25) is 0 Å². The Hall–Kier alpha value is -0.530. The summed E-state index contributed by atoms with van der Waals surface area (Å²) in [6.45, 7) is 3.07. The summed E-state index contributed by atoms with van der Waals surface area (Å²) >= 11 is 6.24. The fourth-order valence-corrected chi connectivity index (χ4v) is 2.74. The molecular weight excluding hydrogens is 232 g/mol. The topological polar surface area (TPSA) is 9.23 Å². The Balaban J connectivity index is 2.68. The molecule has 96 valence electrons. The number of rotatable bonds is 8. The zero-order valence-corrected chi connectivity index (χ0v) is 11.7. The first kappa shape index (κ1) is 14.5. The zero-order chi connectivity index (χ0) is 12.6. The molecule has 0 N–H and O–H groups in total. The summed E-state index contributed by atoms with van der Waals surface area (Å²) in [6, 6.07) is 10.6. The van der Waals surface area contributed by atoms with E-state index in [-0.39, 0.29) is 5.41 Å². The molecule has 2 heteroatoms. The maximum Gasteiger partial charge on any atom is 0.0462 e. The number of methoxy groups -OCH3 is 1. The Morgan fingerprint density at radius 3 is 2.41 bits per heavy atom. The first-order valence-corrected chi connectivity index (χ1v) is 6.93. The molecule has 1 rings (SSSR count). The molecule has 0 aliphatic heterocycles. The summed E-state index contributed by atoms with van der Waals surface area (Å²) < 4.78 is 5.10. The molecule has 1 aromatic carbocycles. The van der Waals surface area contributed by atoms with Gasteiger partial charge in [-0.15, -0.1) is 11.6 Å². The van der Waals surface area contributed by atoms with Crippen molar-refractivity contribution in [2.75, 3.05) is 19.6 Å². The predicted molar refractivity (Wildman–Crippen MR) is 74.9 cm³/mol. The number of alkyl halides is 1. The van der Waals surface area contributed by atoms with Gasteiger partial charge in [0.1, 0.15) is 0 Å². The van der Waals surface area contributed by atoms with Crippen molar-refractivity contribution in [3.8, 4) is 0 Å². The molecule has 0 heterocycles. The smallest absolute Gasteiger partial charge is 0.0462 e. The van der Waals surface area contributed by atoms with Gasteiger partial charge in [0.2, 0.25) is 0 Å². The minimum atomic E-state index is 0.135. The highest BCUT2D eigenvalue weighted by Gasteiger charge is 2.28. The number of benzene rings is 1. The van der Waals surface area contributed by atoms with Gasteiger partial charge >= 0.3 is 0 Å². The van der Waals surface area contributed by atoms with E-state index in [2.05, 4.69) is 37.3 Å². The van der Waals surface area contributed by atoms with Gasteiger partial charge in [0, 0.05) is 25.0 Å². The van der Waals surface area contributed by atoms with Gasteiger partial charge in [-0.25, -0.2) is 0 Å². The Morgan fingerprint density at radius 1 is 1.18 bits per heavy atom. The molecule has 0 bridgehead atoms. The lowest BCUT2D eigenvalue weighted by Gasteiger charge is -2.31. The third-order valence-electron chi connectivity index (χ3n) is 3.57. The first-order valence-electron chi connectivity index (χ1n) is 6.39. The molecular formula is C15H23ClO. The molecule has 0 saturated carbocycles. The van der Waals surface area contributed by atoms with E-state index in [4.69, 9.17) is 16.3 Å². The van der Waals surface area contributed by atoms with E-state index >= 15 is 0 Å². The summed E-state index contributed by atoms with van der Waals surface area (Å²) in [5, 5.41) is 0. The SMILES string of the molecule is CCC(CCl)(CCCCOC)c1ccccc1. The van der Waals surface area contributed by atoms with E-state index in [0.717, 1.165) is 25.9 Å². The van der Waals surface area contributed by atoms with Crippen molar-refractivity contribution < 1.29 is 4.74 Å². The highest BCUT2D eigenvalue weighted by atomic mass is 35.5. The fraction of sp³-hybridized carbons (Fsp3) is 0.600. The maximum atomic E-state index is 6.24. The molecule has 1 atom stereocenters. The monoisotopic (exact) mass is 254 g/mol. The van der Waals surface area contributed by atoms with Crippen LogP contribution < -0.4 is 0 Å². The molecule has 0 aromatic heterocycles. The van der Waals surface area contributed by atoms with Crippen LogP contribution in [0.1, 0.15) is 38.2 Å². The Morgan fingerprint density at radius 2 is 1.88 bits per heavy atom. The average Bonchev–Trinajstić information content (AvgIpc) is 2.41. The second-order valence-electron chi connectivity index (χ2n) is 4.58. The minimum absolute atomic E-state index is 0.135. The maximum absolute atomic E-state index is 6.24. The summed E-state index contributed by atoms with van der Waals surface area (Å²) in [5.41, 5.74) is 1.51. The first-order chi connectivity index (χ1) is 8.29. The molecule has 0 saturated heterocycles. The van der Waals surface area contributed by atoms with Crippen LogP contribution >= 0.6 is 11.6 Å². The molecule has 1 unspecified atom stereocenters. The van der Waals surface area contributed by atoms with Crippen molar-refractivity contribution in [3.05, 3.63) is 35.9 Å². The molecule has 0 amide bonds. The highest BCUT2D eigenvalue weighted by Crippen LogP contribution is 2.34. The standard InChI is InChI=1S/C15H23ClO/c1-3-15(13-16,11-7-8-12-17-2)14-9-5-4-6-10-14/h4-6,9-10H,3,7-8,11-13H2,1-2H3. The Kier molecular flexibility index (Phi) is 6.61. The summed E-state index contributed by atoms with van der Waals surface area (Å²) in [6.07, 6.45) is 4.51. The molecule has 0 aliphatic rings. The molecule has 0 radical (unpaired) electrons. The molecule has 17 heavy (non-hydrogen) atoms. The summed E-state index contributed by atoms with van der Waals surface area (Å²) in [4.78, 5) is 0. The van der Waals surface area contributed by atoms with Crippen LogP contribution in [0.15, 0.2) is 30.3 Å². The van der Waals surface area contributed by atoms with Gasteiger partial charge in [-0.05, 0) is 24.8 Å². The van der Waals surface area contributed by atoms with Crippen molar-refractivity contribution in [2.24, 2.45) is 0 Å². The average molecular weight is 255 g/mol. The van der Waals surface area contributed by atoms with Crippen LogP contribution in [-0.2, 0) is 10.2 Å². The molecule has 0 fully saturated rings. The Bertz CT molecular complexity index is 293. The van der Waals surface area contributed by atoms with Crippen LogP contribution in [0.2, 0.25) is 0 Å². The normalized spacial score (nSPS) is 14.5. The molecule has 0 spiro atoms. The van der Waals surface area contributed by atoms with Crippen molar-refractivity contribution in [1.29, 1.82) is 0 Å². The number of hydrogen-bond donors (Lipinski definition) is 0. The van der Waals surface area contributed by atoms with Crippen LogP contribution in [0.25, 0.3) is 0 Å². The Labute approximate surface area is 110 Å². The molecule has 1 nitrogen and oxygen atoms in total. The second kappa shape index (κ2) is 7.73. The van der Waals surface area contributed by atoms with Crippen LogP contribution in [-0.4, -0.2) is 19.6 Å². The van der Waals surface area contributed by atoms with Crippen LogP contribution in [0.3, 0.4) is 0 Å². The van der Waals surface area contributed by atoms with Crippen molar-refractivity contribution in [1.82, 2.24) is 0 Å². The van der Waals surface area contributed by atoms with Crippen molar-refractivity contribution in [2.45, 2.75) is 38.0 Å². The summed E-state index contributed by atoms with van der Waals surface area (Å²) in [7, 11) is 1.76. The zero-order valence-electron chi connectivity index (χ0n) is 10.9. The molecule has 1 aromatic rings. The second-order valence-corrected chi connectivity index (χ2v) is 4.85. The van der Waals surface area contributed by atoms with Gasteiger partial charge in [0.05, 0.1) is 0 Å². The lowest BCUT2D eigenvalue weighted by molar-refractivity contribution is 0.189. The third kappa shape index (κ3) is 4.01. The summed E-state index contributed by atoms with van der Waals surface area (Å²) in [5.74, 6) is 0.695. The predicted octanol–water partition coefficient (Wildman–Crippen LogP) is 4.39. The minimum Gasteiger partial charge on any atom is -0.385 e. The van der Waals surface area contributed by atoms with Crippen molar-refractivity contribution >= 4 is 11.6 Å². The quantitative estimate of drug-likeness (QED) is 0.494. The van der Waals surface area contributed by atoms with E-state index < -0.39 is 0 Å². The number of ether oxygens (including phenoxy) is 1. The number of unbranched alkanes of at least 4 members (excludes halogenated alkanes) is 1. The van der Waals surface area contributed by atoms with Crippen LogP contribution in [0, 0.1) is 0 Å². The van der Waals surface area contributed by atoms with Gasteiger partial charge in [-0.2, -0.15) is 0 Å². The largest absolute Gasteiger partial charge is 0.385 e. The van der Waals surface area contributed by atoms with E-state index in [9.17, 15) is 0 Å². The van der Waals surface area contributed by atoms with Crippen LogP contribution in [0.4, 0.5) is 0 Å². The van der Waals surface area contributed by atoms with E-state index in [0.29, 0.717) is 5.88 Å². The van der Waals surface area contributed by atoms with Gasteiger partial charge in [-0.1, -0.05) is 43.7 Å². The number of hydrogen-bond acceptors (Lipinski definition) is 1. The van der Waals surface area contributed by atoms with E-state index in [1.807, 2.05) is 0 Å². The lowest BCUT2D eigenvalue weighted by Crippen LogP contribution is -2.27. The van der Waals surface area contributed by atoms with Gasteiger partial charge in [0.25, 0.3) is 0 Å². The van der Waals surface area contributed by atoms with Crippen molar-refractivity contribution in [3.63, 3.8) is 0 Å². The highest BCUT2D eigenvalue weighted by molar-refractivity contribution is 6.18. The molecule has 0 aliphatic carbocycles. The van der Waals surface area contributed by atoms with E-state index in [1.165, 1.54) is 12.0 Å². The van der Waals surface area contributed by atoms with Gasteiger partial charge in [0.15, 0.2) is 0 Å². The third-order valence-corrected chi connectivity index (χ3v) is 4.08.